The van der Waals surface area contributed by atoms with Gasteiger partial charge in [-0.25, -0.2) is 8.42 Å². The molecule has 0 unspecified atom stereocenters. The van der Waals surface area contributed by atoms with Crippen molar-refractivity contribution in [1.82, 2.24) is 4.31 Å². The molecule has 1 fully saturated rings. The molecule has 0 N–H and O–H groups in total. The molecule has 2 aromatic carbocycles. The second-order valence-corrected chi connectivity index (χ2v) is 7.92. The van der Waals surface area contributed by atoms with E-state index in [9.17, 15) is 8.42 Å². The monoisotopic (exact) mass is 342 g/mol. The lowest BCUT2D eigenvalue weighted by Gasteiger charge is -2.19. The maximum Gasteiger partial charge on any atom is 0.243 e. The van der Waals surface area contributed by atoms with Gasteiger partial charge in [0.05, 0.1) is 10.6 Å². The molecule has 2 aromatic rings. The van der Waals surface area contributed by atoms with Crippen LogP contribution in [0.5, 0.6) is 0 Å². The lowest BCUT2D eigenvalue weighted by atomic mass is 10.2. The molecule has 1 saturated heterocycles. The van der Waals surface area contributed by atoms with Gasteiger partial charge in [-0.05, 0) is 42.7 Å². The quantitative estimate of drug-likeness (QED) is 0.789. The Morgan fingerprint density at radius 2 is 1.46 bits per heavy atom. The first-order valence-corrected chi connectivity index (χ1v) is 9.80. The van der Waals surface area contributed by atoms with E-state index in [-0.39, 0.29) is 0 Å². The van der Waals surface area contributed by atoms with Crippen LogP contribution < -0.4 is 0 Å². The molecule has 5 heteroatoms. The van der Waals surface area contributed by atoms with Gasteiger partial charge < -0.3 is 0 Å². The average Bonchev–Trinajstić information content (AvgIpc) is 2.91. The van der Waals surface area contributed by atoms with Gasteiger partial charge in [0.1, 0.15) is 0 Å². The van der Waals surface area contributed by atoms with E-state index < -0.39 is 10.0 Å². The smallest absolute Gasteiger partial charge is 0.243 e. The van der Waals surface area contributed by atoms with Gasteiger partial charge in [0.2, 0.25) is 10.0 Å². The molecule has 126 valence electrons. The third kappa shape index (κ3) is 4.10. The summed E-state index contributed by atoms with van der Waals surface area (Å²) < 4.78 is 27.0. The normalized spacial score (nSPS) is 17.0. The standard InChI is InChI=1S/C19H22N2O2S/c22-24(23,21-14-6-1-2-7-15-21)19-12-10-18(11-13-19)20-16-17-8-4-3-5-9-17/h3-5,8-13,16H,1-2,6-7,14-15H2. The van der Waals surface area contributed by atoms with Crippen LogP contribution in [-0.4, -0.2) is 32.0 Å². The molecule has 24 heavy (non-hydrogen) atoms. The zero-order chi connectivity index (χ0) is 16.8. The van der Waals surface area contributed by atoms with Crippen LogP contribution >= 0.6 is 0 Å². The Morgan fingerprint density at radius 1 is 0.833 bits per heavy atom. The summed E-state index contributed by atoms with van der Waals surface area (Å²) in [6.07, 6.45) is 5.88. The fourth-order valence-electron chi connectivity index (χ4n) is 2.82. The SMILES string of the molecule is O=S(=O)(c1ccc(N=Cc2ccccc2)cc1)N1CCCCCC1. The number of rotatable bonds is 4. The van der Waals surface area contributed by atoms with Gasteiger partial charge in [-0.3, -0.25) is 4.99 Å². The first-order chi connectivity index (χ1) is 11.7. The summed E-state index contributed by atoms with van der Waals surface area (Å²) in [7, 11) is -3.39. The molecule has 0 radical (unpaired) electrons. The minimum absolute atomic E-state index is 0.350. The van der Waals surface area contributed by atoms with Gasteiger partial charge in [0.25, 0.3) is 0 Å². The maximum atomic E-state index is 12.7. The van der Waals surface area contributed by atoms with Gasteiger partial charge in [0.15, 0.2) is 0 Å². The number of nitrogens with zero attached hydrogens (tertiary/aromatic N) is 2. The fraction of sp³-hybridized carbons (Fsp3) is 0.316. The van der Waals surface area contributed by atoms with Crippen molar-refractivity contribution in [2.24, 2.45) is 4.99 Å². The highest BCUT2D eigenvalue weighted by Crippen LogP contribution is 2.22. The summed E-state index contributed by atoms with van der Waals surface area (Å²) in [6.45, 7) is 1.24. The van der Waals surface area contributed by atoms with Crippen molar-refractivity contribution in [3.63, 3.8) is 0 Å². The van der Waals surface area contributed by atoms with Crippen LogP contribution in [0.1, 0.15) is 31.2 Å². The van der Waals surface area contributed by atoms with Crippen LogP contribution in [0.2, 0.25) is 0 Å². The second kappa shape index (κ2) is 7.73. The predicted molar refractivity (Wildman–Crippen MR) is 97.4 cm³/mol. The van der Waals surface area contributed by atoms with E-state index in [4.69, 9.17) is 0 Å². The fourth-order valence-corrected chi connectivity index (χ4v) is 4.34. The van der Waals surface area contributed by atoms with Crippen molar-refractivity contribution in [3.8, 4) is 0 Å². The number of aliphatic imine (C=N–C) groups is 1. The minimum atomic E-state index is -3.39. The molecule has 1 heterocycles. The summed E-state index contributed by atoms with van der Waals surface area (Å²) in [4.78, 5) is 4.74. The molecular weight excluding hydrogens is 320 g/mol. The highest BCUT2D eigenvalue weighted by atomic mass is 32.2. The van der Waals surface area contributed by atoms with Gasteiger partial charge in [-0.15, -0.1) is 0 Å². The van der Waals surface area contributed by atoms with Crippen LogP contribution in [0.3, 0.4) is 0 Å². The van der Waals surface area contributed by atoms with Gasteiger partial charge >= 0.3 is 0 Å². The molecule has 0 aliphatic carbocycles. The highest BCUT2D eigenvalue weighted by molar-refractivity contribution is 7.89. The van der Waals surface area contributed by atoms with Crippen molar-refractivity contribution in [2.75, 3.05) is 13.1 Å². The Bertz CT molecular complexity index is 776. The third-order valence-electron chi connectivity index (χ3n) is 4.20. The number of benzene rings is 2. The predicted octanol–water partition coefficient (Wildman–Crippen LogP) is 4.00. The molecule has 0 atom stereocenters. The zero-order valence-corrected chi connectivity index (χ0v) is 14.5. The van der Waals surface area contributed by atoms with E-state index >= 15 is 0 Å². The van der Waals surface area contributed by atoms with Gasteiger partial charge in [-0.1, -0.05) is 43.2 Å². The van der Waals surface area contributed by atoms with Crippen molar-refractivity contribution in [3.05, 3.63) is 60.2 Å². The minimum Gasteiger partial charge on any atom is -0.256 e. The van der Waals surface area contributed by atoms with E-state index in [1.54, 1.807) is 34.8 Å². The summed E-state index contributed by atoms with van der Waals surface area (Å²) in [5.41, 5.74) is 1.76. The molecule has 1 aliphatic rings. The first kappa shape index (κ1) is 16.9. The summed E-state index contributed by atoms with van der Waals surface area (Å²) in [5.74, 6) is 0. The van der Waals surface area contributed by atoms with Gasteiger partial charge in [-0.2, -0.15) is 4.31 Å². The molecular formula is C19H22N2O2S. The van der Waals surface area contributed by atoms with Crippen LogP contribution in [0.4, 0.5) is 5.69 Å². The van der Waals surface area contributed by atoms with Crippen molar-refractivity contribution in [2.45, 2.75) is 30.6 Å². The van der Waals surface area contributed by atoms with E-state index in [0.717, 1.165) is 36.9 Å². The molecule has 0 bridgehead atoms. The highest BCUT2D eigenvalue weighted by Gasteiger charge is 2.24. The molecule has 0 amide bonds. The summed E-state index contributed by atoms with van der Waals surface area (Å²) in [6, 6.07) is 16.6. The first-order valence-electron chi connectivity index (χ1n) is 8.36. The zero-order valence-electron chi connectivity index (χ0n) is 13.6. The van der Waals surface area contributed by atoms with E-state index in [1.165, 1.54) is 0 Å². The topological polar surface area (TPSA) is 49.7 Å². The largest absolute Gasteiger partial charge is 0.256 e. The van der Waals surface area contributed by atoms with Crippen LogP contribution in [0.25, 0.3) is 0 Å². The van der Waals surface area contributed by atoms with Crippen molar-refractivity contribution < 1.29 is 8.42 Å². The Morgan fingerprint density at radius 3 is 2.08 bits per heavy atom. The Hall–Kier alpha value is -1.98. The summed E-state index contributed by atoms with van der Waals surface area (Å²) in [5, 5.41) is 0. The Balaban J connectivity index is 1.75. The van der Waals surface area contributed by atoms with E-state index in [1.807, 2.05) is 30.3 Å². The molecule has 4 nitrogen and oxygen atoms in total. The molecule has 0 spiro atoms. The maximum absolute atomic E-state index is 12.7. The van der Waals surface area contributed by atoms with Crippen LogP contribution in [-0.2, 0) is 10.0 Å². The van der Waals surface area contributed by atoms with Crippen molar-refractivity contribution in [1.29, 1.82) is 0 Å². The number of sulfonamides is 1. The molecule has 0 aromatic heterocycles. The Labute approximate surface area is 143 Å². The average molecular weight is 342 g/mol. The second-order valence-electron chi connectivity index (χ2n) is 5.98. The number of hydrogen-bond donors (Lipinski definition) is 0. The van der Waals surface area contributed by atoms with Crippen molar-refractivity contribution >= 4 is 21.9 Å². The molecule has 0 saturated carbocycles. The van der Waals surface area contributed by atoms with E-state index in [0.29, 0.717) is 18.0 Å². The Kier molecular flexibility index (Phi) is 5.43. The van der Waals surface area contributed by atoms with E-state index in [2.05, 4.69) is 4.99 Å². The lowest BCUT2D eigenvalue weighted by Crippen LogP contribution is -2.31. The molecule has 1 aliphatic heterocycles. The van der Waals surface area contributed by atoms with Crippen LogP contribution in [0.15, 0.2) is 64.5 Å². The lowest BCUT2D eigenvalue weighted by molar-refractivity contribution is 0.424. The van der Waals surface area contributed by atoms with Gasteiger partial charge in [0, 0.05) is 19.3 Å². The molecule has 3 rings (SSSR count). The summed E-state index contributed by atoms with van der Waals surface area (Å²) >= 11 is 0. The number of hydrogen-bond acceptors (Lipinski definition) is 3. The van der Waals surface area contributed by atoms with Crippen LogP contribution in [0, 0.1) is 0 Å². The third-order valence-corrected chi connectivity index (χ3v) is 6.11.